The van der Waals surface area contributed by atoms with E-state index in [1.165, 1.54) is 31.2 Å². The molecule has 0 unspecified atom stereocenters. The summed E-state index contributed by atoms with van der Waals surface area (Å²) in [6.07, 6.45) is 6.05. The fourth-order valence-corrected chi connectivity index (χ4v) is 4.17. The predicted octanol–water partition coefficient (Wildman–Crippen LogP) is 4.89. The van der Waals surface area contributed by atoms with E-state index in [1.807, 2.05) is 12.1 Å². The van der Waals surface area contributed by atoms with Gasteiger partial charge in [-0.1, -0.05) is 31.0 Å². The second-order valence-corrected chi connectivity index (χ2v) is 6.13. The maximum Gasteiger partial charge on any atom is 0.122 e. The standard InChI is InChI=1S/C16H22Cl2O/c1-19-15-9-5-2-6-13(15)10-16(11-17,12-18)14-7-3-4-8-14/h2,5-6,9,14H,3-4,7-8,10-12H2,1H3. The average Bonchev–Trinajstić information content (AvgIpc) is 3.00. The summed E-state index contributed by atoms with van der Waals surface area (Å²) in [4.78, 5) is 0. The van der Waals surface area contributed by atoms with Gasteiger partial charge in [-0.2, -0.15) is 0 Å². The molecular weight excluding hydrogens is 279 g/mol. The van der Waals surface area contributed by atoms with Crippen LogP contribution in [-0.4, -0.2) is 18.9 Å². The summed E-state index contributed by atoms with van der Waals surface area (Å²) in [5.41, 5.74) is 1.23. The number of hydrogen-bond donors (Lipinski definition) is 0. The Hall–Kier alpha value is -0.400. The molecule has 106 valence electrons. The van der Waals surface area contributed by atoms with E-state index in [0.717, 1.165) is 12.2 Å². The first kappa shape index (κ1) is 15.0. The summed E-state index contributed by atoms with van der Waals surface area (Å²) in [6, 6.07) is 8.19. The Kier molecular flexibility index (Phi) is 5.41. The van der Waals surface area contributed by atoms with Crippen molar-refractivity contribution in [3.8, 4) is 5.75 Å². The molecule has 0 aliphatic heterocycles. The van der Waals surface area contributed by atoms with Gasteiger partial charge in [0.1, 0.15) is 5.75 Å². The first-order valence-corrected chi connectivity index (χ1v) is 8.06. The third-order valence-corrected chi connectivity index (χ3v) is 5.55. The monoisotopic (exact) mass is 300 g/mol. The van der Waals surface area contributed by atoms with Crippen molar-refractivity contribution in [3.05, 3.63) is 29.8 Å². The van der Waals surface area contributed by atoms with Crippen molar-refractivity contribution in [3.63, 3.8) is 0 Å². The quantitative estimate of drug-likeness (QED) is 0.680. The van der Waals surface area contributed by atoms with Gasteiger partial charge in [0.25, 0.3) is 0 Å². The molecule has 2 rings (SSSR count). The molecule has 0 saturated heterocycles. The van der Waals surface area contributed by atoms with Gasteiger partial charge in [0.2, 0.25) is 0 Å². The zero-order chi connectivity index (χ0) is 13.7. The van der Waals surface area contributed by atoms with E-state index in [4.69, 9.17) is 27.9 Å². The van der Waals surface area contributed by atoms with Crippen molar-refractivity contribution >= 4 is 23.2 Å². The van der Waals surface area contributed by atoms with E-state index in [-0.39, 0.29) is 5.41 Å². The second-order valence-electron chi connectivity index (χ2n) is 5.60. The van der Waals surface area contributed by atoms with Gasteiger partial charge in [-0.05, 0) is 36.8 Å². The molecule has 3 heteroatoms. The zero-order valence-electron chi connectivity index (χ0n) is 11.5. The summed E-state index contributed by atoms with van der Waals surface area (Å²) in [5.74, 6) is 2.84. The fourth-order valence-electron chi connectivity index (χ4n) is 3.26. The van der Waals surface area contributed by atoms with Crippen LogP contribution in [0, 0.1) is 11.3 Å². The SMILES string of the molecule is COc1ccccc1CC(CCl)(CCl)C1CCCC1. The number of benzene rings is 1. The predicted molar refractivity (Wildman–Crippen MR) is 82.5 cm³/mol. The first-order valence-electron chi connectivity index (χ1n) is 6.99. The van der Waals surface area contributed by atoms with Gasteiger partial charge < -0.3 is 4.74 Å². The van der Waals surface area contributed by atoms with E-state index in [0.29, 0.717) is 17.7 Å². The lowest BCUT2D eigenvalue weighted by molar-refractivity contribution is 0.222. The topological polar surface area (TPSA) is 9.23 Å². The number of rotatable bonds is 6. The maximum atomic E-state index is 6.32. The normalized spacial score (nSPS) is 16.8. The Morgan fingerprint density at radius 3 is 2.37 bits per heavy atom. The molecule has 0 bridgehead atoms. The van der Waals surface area contributed by atoms with Crippen LogP contribution in [0.5, 0.6) is 5.75 Å². The number of halogens is 2. The molecule has 0 amide bonds. The molecule has 1 fully saturated rings. The van der Waals surface area contributed by atoms with E-state index >= 15 is 0 Å². The lowest BCUT2D eigenvalue weighted by Crippen LogP contribution is -2.35. The summed E-state index contributed by atoms with van der Waals surface area (Å²) >= 11 is 12.6. The Balaban J connectivity index is 2.24. The van der Waals surface area contributed by atoms with Crippen LogP contribution in [0.25, 0.3) is 0 Å². The Labute approximate surface area is 126 Å². The third kappa shape index (κ3) is 3.20. The molecule has 0 heterocycles. The van der Waals surface area contributed by atoms with Gasteiger partial charge in [0.15, 0.2) is 0 Å². The van der Waals surface area contributed by atoms with E-state index in [1.54, 1.807) is 7.11 Å². The van der Waals surface area contributed by atoms with Gasteiger partial charge in [0.05, 0.1) is 7.11 Å². The lowest BCUT2D eigenvalue weighted by Gasteiger charge is -2.36. The molecule has 0 atom stereocenters. The minimum atomic E-state index is 0.00818. The van der Waals surface area contributed by atoms with Crippen LogP contribution in [0.15, 0.2) is 24.3 Å². The first-order chi connectivity index (χ1) is 9.25. The summed E-state index contributed by atoms with van der Waals surface area (Å²) < 4.78 is 5.46. The molecule has 1 aliphatic rings. The van der Waals surface area contributed by atoms with Crippen LogP contribution in [0.3, 0.4) is 0 Å². The molecule has 1 aliphatic carbocycles. The minimum absolute atomic E-state index is 0.00818. The van der Waals surface area contributed by atoms with E-state index in [9.17, 15) is 0 Å². The van der Waals surface area contributed by atoms with Crippen molar-refractivity contribution in [1.29, 1.82) is 0 Å². The molecule has 0 radical (unpaired) electrons. The molecule has 0 aromatic heterocycles. The van der Waals surface area contributed by atoms with Crippen LogP contribution >= 0.6 is 23.2 Å². The molecule has 0 N–H and O–H groups in total. The highest BCUT2D eigenvalue weighted by Gasteiger charge is 2.39. The number of hydrogen-bond acceptors (Lipinski definition) is 1. The Morgan fingerprint density at radius 1 is 1.16 bits per heavy atom. The van der Waals surface area contributed by atoms with E-state index in [2.05, 4.69) is 12.1 Å². The fraction of sp³-hybridized carbons (Fsp3) is 0.625. The van der Waals surface area contributed by atoms with Crippen LogP contribution in [0.4, 0.5) is 0 Å². The Bertz CT molecular complexity index is 395. The molecule has 1 aromatic carbocycles. The second kappa shape index (κ2) is 6.85. The van der Waals surface area contributed by atoms with Crippen molar-refractivity contribution in [1.82, 2.24) is 0 Å². The Morgan fingerprint density at radius 2 is 1.79 bits per heavy atom. The summed E-state index contributed by atoms with van der Waals surface area (Å²) in [6.45, 7) is 0. The largest absolute Gasteiger partial charge is 0.496 e. The van der Waals surface area contributed by atoms with E-state index < -0.39 is 0 Å². The lowest BCUT2D eigenvalue weighted by atomic mass is 9.73. The van der Waals surface area contributed by atoms with Gasteiger partial charge in [-0.25, -0.2) is 0 Å². The molecule has 19 heavy (non-hydrogen) atoms. The zero-order valence-corrected chi connectivity index (χ0v) is 13.0. The van der Waals surface area contributed by atoms with Gasteiger partial charge >= 0.3 is 0 Å². The van der Waals surface area contributed by atoms with Crippen LogP contribution < -0.4 is 4.74 Å². The average molecular weight is 301 g/mol. The van der Waals surface area contributed by atoms with Crippen molar-refractivity contribution < 1.29 is 4.74 Å². The number of methoxy groups -OCH3 is 1. The van der Waals surface area contributed by atoms with Gasteiger partial charge in [0, 0.05) is 17.2 Å². The van der Waals surface area contributed by atoms with Gasteiger partial charge in [-0.15, -0.1) is 23.2 Å². The van der Waals surface area contributed by atoms with Crippen LogP contribution in [0.1, 0.15) is 31.2 Å². The minimum Gasteiger partial charge on any atom is -0.496 e. The highest BCUT2D eigenvalue weighted by Crippen LogP contribution is 2.45. The van der Waals surface area contributed by atoms with Crippen molar-refractivity contribution in [2.24, 2.45) is 11.3 Å². The number of ether oxygens (including phenoxy) is 1. The number of alkyl halides is 2. The summed E-state index contributed by atoms with van der Waals surface area (Å²) in [5, 5.41) is 0. The third-order valence-electron chi connectivity index (χ3n) is 4.49. The molecular formula is C16H22Cl2O. The highest BCUT2D eigenvalue weighted by atomic mass is 35.5. The molecule has 1 saturated carbocycles. The summed E-state index contributed by atoms with van der Waals surface area (Å²) in [7, 11) is 1.72. The highest BCUT2D eigenvalue weighted by molar-refractivity contribution is 6.21. The van der Waals surface area contributed by atoms with Crippen LogP contribution in [-0.2, 0) is 6.42 Å². The molecule has 0 spiro atoms. The molecule has 1 aromatic rings. The van der Waals surface area contributed by atoms with Gasteiger partial charge in [-0.3, -0.25) is 0 Å². The molecule has 1 nitrogen and oxygen atoms in total. The van der Waals surface area contributed by atoms with Crippen molar-refractivity contribution in [2.75, 3.05) is 18.9 Å². The van der Waals surface area contributed by atoms with Crippen molar-refractivity contribution in [2.45, 2.75) is 32.1 Å². The maximum absolute atomic E-state index is 6.32. The van der Waals surface area contributed by atoms with Crippen LogP contribution in [0.2, 0.25) is 0 Å². The smallest absolute Gasteiger partial charge is 0.122 e. The number of para-hydroxylation sites is 1.